The van der Waals surface area contributed by atoms with Crippen LogP contribution in [-0.2, 0) is 27.2 Å². The number of amides is 1. The molecule has 1 aromatic heterocycles. The third-order valence-electron chi connectivity index (χ3n) is 8.15. The van der Waals surface area contributed by atoms with Crippen LogP contribution in [-0.4, -0.2) is 94.2 Å². The zero-order valence-corrected chi connectivity index (χ0v) is 28.7. The van der Waals surface area contributed by atoms with Gasteiger partial charge in [-0.3, -0.25) is 9.59 Å². The molecule has 1 heterocycles. The molecule has 2 aromatic carbocycles. The molecule has 0 bridgehead atoms. The van der Waals surface area contributed by atoms with Crippen molar-refractivity contribution in [3.8, 4) is 5.75 Å². The number of pyridine rings is 1. The molecule has 0 spiro atoms. The molecule has 11 nitrogen and oxygen atoms in total. The highest BCUT2D eigenvalue weighted by molar-refractivity contribution is 5.87. The highest BCUT2D eigenvalue weighted by atomic mass is 19.4. The van der Waals surface area contributed by atoms with Gasteiger partial charge in [-0.15, -0.1) is 0 Å². The van der Waals surface area contributed by atoms with E-state index in [1.165, 1.54) is 43.9 Å². The second kappa shape index (κ2) is 21.7. The van der Waals surface area contributed by atoms with E-state index in [0.717, 1.165) is 55.3 Å². The summed E-state index contributed by atoms with van der Waals surface area (Å²) in [7, 11) is 0. The van der Waals surface area contributed by atoms with Crippen molar-refractivity contribution in [3.05, 3.63) is 75.8 Å². The van der Waals surface area contributed by atoms with Gasteiger partial charge in [0.25, 0.3) is 0 Å². The Morgan fingerprint density at radius 3 is 1.87 bits per heavy atom. The van der Waals surface area contributed by atoms with Gasteiger partial charge in [-0.1, -0.05) is 43.9 Å². The summed E-state index contributed by atoms with van der Waals surface area (Å²) < 4.78 is 76.6. The van der Waals surface area contributed by atoms with Crippen LogP contribution in [0.25, 0.3) is 10.9 Å². The Balaban J connectivity index is 0.000000587. The molecular weight excluding hydrogens is 721 g/mol. The van der Waals surface area contributed by atoms with Crippen molar-refractivity contribution in [2.45, 2.75) is 76.2 Å². The van der Waals surface area contributed by atoms with Crippen LogP contribution in [0.1, 0.15) is 56.1 Å². The molecule has 0 aliphatic heterocycles. The van der Waals surface area contributed by atoms with Crippen molar-refractivity contribution in [2.24, 2.45) is 0 Å². The molecule has 294 valence electrons. The number of aromatic nitrogens is 1. The number of carboxylic acids is 2. The summed E-state index contributed by atoms with van der Waals surface area (Å²) in [5, 5.41) is 32.1. The van der Waals surface area contributed by atoms with Crippen molar-refractivity contribution in [2.75, 3.05) is 32.7 Å². The number of aliphatic carboxylic acids is 2. The standard InChI is InChI=1S/C31H41FN4O3.2C2HF3O2/c32-25-10-7-23(8-11-25)15-18-33-20-17-30(39)36(26-5-3-1-2-4-6-26)22-21-34-19-16-24-9-13-28(37)31-27(24)12-14-29(38)35-31;2*3-2(4,5)1(6)7/h7-14,26,33-34,37H,1-6,15-22H2,(H,35,38);2*(H,6,7). The summed E-state index contributed by atoms with van der Waals surface area (Å²) in [6.45, 7) is 3.52. The fraction of sp³-hybridized carbons (Fsp3) is 0.486. The summed E-state index contributed by atoms with van der Waals surface area (Å²) in [4.78, 5) is 47.5. The number of carbonyl (C=O) groups excluding carboxylic acids is 1. The smallest absolute Gasteiger partial charge is 0.490 e. The lowest BCUT2D eigenvalue weighted by molar-refractivity contribution is -0.193. The molecule has 1 aliphatic carbocycles. The first kappa shape index (κ1) is 44.5. The predicted octanol–water partition coefficient (Wildman–Crippen LogP) is 5.55. The second-order valence-electron chi connectivity index (χ2n) is 12.1. The van der Waals surface area contributed by atoms with Crippen LogP contribution >= 0.6 is 0 Å². The third-order valence-corrected chi connectivity index (χ3v) is 8.15. The monoisotopic (exact) mass is 764 g/mol. The fourth-order valence-corrected chi connectivity index (χ4v) is 5.49. The van der Waals surface area contributed by atoms with Crippen molar-refractivity contribution in [3.63, 3.8) is 0 Å². The van der Waals surface area contributed by atoms with Gasteiger partial charge in [0, 0.05) is 43.5 Å². The number of alkyl halides is 6. The van der Waals surface area contributed by atoms with E-state index in [4.69, 9.17) is 19.8 Å². The number of halogens is 7. The lowest BCUT2D eigenvalue weighted by Crippen LogP contribution is -2.45. The van der Waals surface area contributed by atoms with Gasteiger partial charge < -0.3 is 35.8 Å². The molecule has 0 atom stereocenters. The first-order chi connectivity index (χ1) is 24.9. The van der Waals surface area contributed by atoms with E-state index in [2.05, 4.69) is 20.5 Å². The molecule has 6 N–H and O–H groups in total. The summed E-state index contributed by atoms with van der Waals surface area (Å²) in [6.07, 6.45) is -1.17. The number of aromatic hydroxyl groups is 1. The molecule has 0 radical (unpaired) electrons. The van der Waals surface area contributed by atoms with Crippen molar-refractivity contribution in [1.29, 1.82) is 0 Å². The first-order valence-corrected chi connectivity index (χ1v) is 16.8. The molecule has 3 aromatic rings. The number of fused-ring (bicyclic) bond motifs is 1. The van der Waals surface area contributed by atoms with E-state index in [1.807, 2.05) is 6.07 Å². The number of hydrogen-bond donors (Lipinski definition) is 6. The van der Waals surface area contributed by atoms with E-state index < -0.39 is 24.3 Å². The van der Waals surface area contributed by atoms with Crippen LogP contribution in [0.4, 0.5) is 30.7 Å². The number of benzene rings is 2. The molecule has 4 rings (SSSR count). The second-order valence-corrected chi connectivity index (χ2v) is 12.1. The molecule has 53 heavy (non-hydrogen) atoms. The van der Waals surface area contributed by atoms with Crippen molar-refractivity contribution in [1.82, 2.24) is 20.5 Å². The molecule has 1 saturated carbocycles. The highest BCUT2D eigenvalue weighted by Crippen LogP contribution is 2.25. The molecule has 1 fully saturated rings. The van der Waals surface area contributed by atoms with E-state index in [0.29, 0.717) is 37.6 Å². The normalized spacial score (nSPS) is 13.6. The van der Waals surface area contributed by atoms with E-state index in [9.17, 15) is 45.4 Å². The van der Waals surface area contributed by atoms with Gasteiger partial charge >= 0.3 is 24.3 Å². The Bertz CT molecular complexity index is 1630. The van der Waals surface area contributed by atoms with Gasteiger partial charge in [0.05, 0.1) is 5.52 Å². The number of aromatic amines is 1. The summed E-state index contributed by atoms with van der Waals surface area (Å²) in [6, 6.07) is 13.6. The number of carboxylic acid groups (broad SMARTS) is 2. The van der Waals surface area contributed by atoms with Crippen LogP contribution in [0.15, 0.2) is 53.3 Å². The van der Waals surface area contributed by atoms with Crippen LogP contribution < -0.4 is 16.2 Å². The highest BCUT2D eigenvalue weighted by Gasteiger charge is 2.39. The molecule has 1 aliphatic rings. The maximum atomic E-state index is 13.3. The Kier molecular flexibility index (Phi) is 18.2. The minimum atomic E-state index is -5.08. The molecule has 0 saturated heterocycles. The van der Waals surface area contributed by atoms with E-state index >= 15 is 0 Å². The largest absolute Gasteiger partial charge is 0.506 e. The number of nitrogens with one attached hydrogen (secondary N) is 3. The average molecular weight is 765 g/mol. The minimum absolute atomic E-state index is 0.0712. The fourth-order valence-electron chi connectivity index (χ4n) is 5.49. The van der Waals surface area contributed by atoms with Gasteiger partial charge in [-0.2, -0.15) is 26.3 Å². The zero-order valence-electron chi connectivity index (χ0n) is 28.7. The van der Waals surface area contributed by atoms with Gasteiger partial charge in [-0.25, -0.2) is 14.0 Å². The predicted molar refractivity (Wildman–Crippen MR) is 181 cm³/mol. The Labute approximate surface area is 300 Å². The Morgan fingerprint density at radius 1 is 0.755 bits per heavy atom. The lowest BCUT2D eigenvalue weighted by Gasteiger charge is -2.32. The maximum Gasteiger partial charge on any atom is 0.490 e. The SMILES string of the molecule is O=C(CCNCCc1ccc(F)cc1)N(CCNCCc1ccc(O)c2[nH]c(=O)ccc12)C1CCCCCC1.O=C(O)C(F)(F)F.O=C(O)C(F)(F)F. The summed E-state index contributed by atoms with van der Waals surface area (Å²) in [5.41, 5.74) is 2.36. The quantitative estimate of drug-likeness (QED) is 0.0743. The van der Waals surface area contributed by atoms with E-state index in [1.54, 1.807) is 24.3 Å². The number of phenols is 1. The Hall–Kier alpha value is -4.71. The van der Waals surface area contributed by atoms with Gasteiger partial charge in [0.1, 0.15) is 11.6 Å². The van der Waals surface area contributed by atoms with Crippen molar-refractivity contribution >= 4 is 28.7 Å². The molecule has 18 heteroatoms. The van der Waals surface area contributed by atoms with E-state index in [-0.39, 0.29) is 23.0 Å². The first-order valence-electron chi connectivity index (χ1n) is 16.8. The van der Waals surface area contributed by atoms with Gasteiger partial charge in [-0.05, 0) is 74.2 Å². The van der Waals surface area contributed by atoms with Crippen LogP contribution in [0, 0.1) is 5.82 Å². The topological polar surface area (TPSA) is 172 Å². The van der Waals surface area contributed by atoms with Crippen LogP contribution in [0.5, 0.6) is 5.75 Å². The molecule has 0 unspecified atom stereocenters. The summed E-state index contributed by atoms with van der Waals surface area (Å²) in [5.74, 6) is -5.47. The number of H-pyrrole nitrogens is 1. The minimum Gasteiger partial charge on any atom is -0.506 e. The van der Waals surface area contributed by atoms with Gasteiger partial charge in [0.2, 0.25) is 11.5 Å². The zero-order chi connectivity index (χ0) is 39.6. The van der Waals surface area contributed by atoms with Gasteiger partial charge in [0.15, 0.2) is 0 Å². The van der Waals surface area contributed by atoms with Crippen LogP contribution in [0.3, 0.4) is 0 Å². The number of carbonyl (C=O) groups is 3. The average Bonchev–Trinajstić information content (AvgIpc) is 3.37. The molecular formula is C35H43F7N4O7. The van der Waals surface area contributed by atoms with Crippen molar-refractivity contribution < 1.29 is 60.4 Å². The number of hydrogen-bond acceptors (Lipinski definition) is 7. The van der Waals surface area contributed by atoms with Crippen LogP contribution in [0.2, 0.25) is 0 Å². The Morgan fingerprint density at radius 2 is 1.30 bits per heavy atom. The third kappa shape index (κ3) is 16.7. The lowest BCUT2D eigenvalue weighted by atomic mass is 10.0. The summed E-state index contributed by atoms with van der Waals surface area (Å²) >= 11 is 0. The molecule has 1 amide bonds. The number of rotatable bonds is 13. The number of phenolic OH excluding ortho intramolecular Hbond substituents is 1. The number of nitrogens with zero attached hydrogens (tertiary/aromatic N) is 1. The maximum absolute atomic E-state index is 13.3.